The number of nitrogens with zero attached hydrogens (tertiary/aromatic N) is 2. The fourth-order valence-corrected chi connectivity index (χ4v) is 3.73. The van der Waals surface area contributed by atoms with E-state index >= 15 is 0 Å². The minimum absolute atomic E-state index is 0.0320. The zero-order chi connectivity index (χ0) is 21.8. The Morgan fingerprint density at radius 2 is 1.76 bits per heavy atom. The summed E-state index contributed by atoms with van der Waals surface area (Å²) in [5.74, 6) is -1.58. The van der Waals surface area contributed by atoms with Crippen LogP contribution in [-0.4, -0.2) is 43.1 Å². The van der Waals surface area contributed by atoms with Crippen LogP contribution in [0.15, 0.2) is 51.8 Å². The smallest absolute Gasteiger partial charge is 0.272 e. The lowest BCUT2D eigenvalue weighted by Gasteiger charge is -2.17. The molecule has 0 fully saturated rings. The standard InChI is InChI=1S/C17H17BrN4O6S/c1-11-3-6-13(7-4-11)29(27,28)21(2)10-16(23)19-20-17(24)12-5-8-14(18)15(9-12)22(25)26/h3-9H,10H2,1-2H3,(H,19,23)(H,20,24). The fraction of sp³-hybridized carbons (Fsp3) is 0.176. The number of likely N-dealkylation sites (N-methyl/N-ethyl adjacent to an activating group) is 1. The molecule has 12 heteroatoms. The van der Waals surface area contributed by atoms with Gasteiger partial charge in [-0.05, 0) is 47.1 Å². The predicted octanol–water partition coefficient (Wildman–Crippen LogP) is 1.75. The molecule has 10 nitrogen and oxygen atoms in total. The summed E-state index contributed by atoms with van der Waals surface area (Å²) < 4.78 is 26.0. The summed E-state index contributed by atoms with van der Waals surface area (Å²) in [5.41, 5.74) is 4.69. The Kier molecular flexibility index (Phi) is 7.06. The molecule has 0 aliphatic heterocycles. The van der Waals surface area contributed by atoms with E-state index < -0.39 is 33.3 Å². The number of aryl methyl sites for hydroxylation is 1. The second kappa shape index (κ2) is 9.11. The van der Waals surface area contributed by atoms with Crippen molar-refractivity contribution in [2.24, 2.45) is 0 Å². The summed E-state index contributed by atoms with van der Waals surface area (Å²) in [6.45, 7) is 1.27. The van der Waals surface area contributed by atoms with Crippen LogP contribution in [0.25, 0.3) is 0 Å². The Bertz CT molecular complexity index is 1060. The largest absolute Gasteiger partial charge is 0.284 e. The number of carbonyl (C=O) groups is 2. The highest BCUT2D eigenvalue weighted by Gasteiger charge is 2.23. The van der Waals surface area contributed by atoms with Crippen LogP contribution in [0.5, 0.6) is 0 Å². The van der Waals surface area contributed by atoms with Gasteiger partial charge in [0.05, 0.1) is 20.8 Å². The number of sulfonamides is 1. The van der Waals surface area contributed by atoms with E-state index in [1.54, 1.807) is 12.1 Å². The van der Waals surface area contributed by atoms with Crippen molar-refractivity contribution in [2.75, 3.05) is 13.6 Å². The molecule has 0 saturated heterocycles. The van der Waals surface area contributed by atoms with E-state index in [0.29, 0.717) is 0 Å². The zero-order valence-corrected chi connectivity index (χ0v) is 17.8. The van der Waals surface area contributed by atoms with Crippen molar-refractivity contribution in [2.45, 2.75) is 11.8 Å². The number of amides is 2. The average molecular weight is 485 g/mol. The van der Waals surface area contributed by atoms with Gasteiger partial charge in [-0.1, -0.05) is 17.7 Å². The summed E-state index contributed by atoms with van der Waals surface area (Å²) in [5, 5.41) is 10.9. The quantitative estimate of drug-likeness (QED) is 0.472. The first-order chi connectivity index (χ1) is 13.5. The van der Waals surface area contributed by atoms with Gasteiger partial charge < -0.3 is 0 Å². The number of benzene rings is 2. The topological polar surface area (TPSA) is 139 Å². The molecule has 2 N–H and O–H groups in total. The number of halogens is 1. The molecule has 0 aliphatic carbocycles. The van der Waals surface area contributed by atoms with E-state index in [1.165, 1.54) is 31.3 Å². The van der Waals surface area contributed by atoms with Crippen molar-refractivity contribution in [1.82, 2.24) is 15.2 Å². The monoisotopic (exact) mass is 484 g/mol. The Morgan fingerprint density at radius 3 is 2.34 bits per heavy atom. The molecule has 0 spiro atoms. The highest BCUT2D eigenvalue weighted by atomic mass is 79.9. The first kappa shape index (κ1) is 22.5. The zero-order valence-electron chi connectivity index (χ0n) is 15.4. The van der Waals surface area contributed by atoms with Gasteiger partial charge in [0, 0.05) is 18.7 Å². The maximum absolute atomic E-state index is 12.5. The van der Waals surface area contributed by atoms with E-state index in [0.717, 1.165) is 15.9 Å². The molecular formula is C17H17BrN4O6S. The molecule has 2 aromatic rings. The number of rotatable bonds is 6. The second-order valence-corrected chi connectivity index (χ2v) is 8.90. The highest BCUT2D eigenvalue weighted by molar-refractivity contribution is 9.10. The minimum atomic E-state index is -3.88. The van der Waals surface area contributed by atoms with Gasteiger partial charge in [-0.15, -0.1) is 0 Å². The van der Waals surface area contributed by atoms with Gasteiger partial charge in [0.2, 0.25) is 10.0 Å². The summed E-state index contributed by atoms with van der Waals surface area (Å²) in [4.78, 5) is 34.4. The molecule has 0 unspecified atom stereocenters. The number of nitrogens with one attached hydrogen (secondary N) is 2. The van der Waals surface area contributed by atoms with Gasteiger partial charge in [-0.25, -0.2) is 8.42 Å². The maximum Gasteiger partial charge on any atom is 0.284 e. The fourth-order valence-electron chi connectivity index (χ4n) is 2.21. The third-order valence-electron chi connectivity index (χ3n) is 3.82. The first-order valence-corrected chi connectivity index (χ1v) is 10.3. The Morgan fingerprint density at radius 1 is 1.14 bits per heavy atom. The van der Waals surface area contributed by atoms with E-state index in [9.17, 15) is 28.1 Å². The van der Waals surface area contributed by atoms with Crippen LogP contribution < -0.4 is 10.9 Å². The van der Waals surface area contributed by atoms with Crippen LogP contribution >= 0.6 is 15.9 Å². The molecule has 0 radical (unpaired) electrons. The van der Waals surface area contributed by atoms with Gasteiger partial charge >= 0.3 is 0 Å². The van der Waals surface area contributed by atoms with Crippen LogP contribution in [0.1, 0.15) is 15.9 Å². The van der Waals surface area contributed by atoms with Crippen molar-refractivity contribution in [3.8, 4) is 0 Å². The van der Waals surface area contributed by atoms with Gasteiger partial charge in [0.25, 0.3) is 17.5 Å². The lowest BCUT2D eigenvalue weighted by Crippen LogP contribution is -2.46. The molecule has 0 aliphatic rings. The summed E-state index contributed by atoms with van der Waals surface area (Å²) >= 11 is 3.01. The molecule has 0 heterocycles. The molecule has 0 saturated carbocycles. The Hall–Kier alpha value is -2.83. The highest BCUT2D eigenvalue weighted by Crippen LogP contribution is 2.25. The number of nitro groups is 1. The van der Waals surface area contributed by atoms with Crippen molar-refractivity contribution in [1.29, 1.82) is 0 Å². The van der Waals surface area contributed by atoms with Crippen LogP contribution in [0.4, 0.5) is 5.69 Å². The lowest BCUT2D eigenvalue weighted by molar-refractivity contribution is -0.385. The van der Waals surface area contributed by atoms with Crippen molar-refractivity contribution in [3.63, 3.8) is 0 Å². The molecule has 2 amide bonds. The average Bonchev–Trinajstić information content (AvgIpc) is 2.66. The van der Waals surface area contributed by atoms with Crippen LogP contribution in [0.3, 0.4) is 0 Å². The predicted molar refractivity (Wildman–Crippen MR) is 107 cm³/mol. The molecular weight excluding hydrogens is 468 g/mol. The van der Waals surface area contributed by atoms with Gasteiger partial charge in [-0.3, -0.25) is 30.6 Å². The summed E-state index contributed by atoms with van der Waals surface area (Å²) in [7, 11) is -2.65. The Balaban J connectivity index is 1.99. The molecule has 154 valence electrons. The number of hydrogen-bond donors (Lipinski definition) is 2. The molecule has 2 rings (SSSR count). The van der Waals surface area contributed by atoms with Crippen LogP contribution in [0, 0.1) is 17.0 Å². The number of carbonyl (C=O) groups excluding carboxylic acids is 2. The third-order valence-corrected chi connectivity index (χ3v) is 6.30. The van der Waals surface area contributed by atoms with Crippen molar-refractivity contribution >= 4 is 43.5 Å². The Labute approximate surface area is 175 Å². The SMILES string of the molecule is Cc1ccc(S(=O)(=O)N(C)CC(=O)NNC(=O)c2ccc(Br)c([N+](=O)[O-])c2)cc1. The van der Waals surface area contributed by atoms with Gasteiger partial charge in [-0.2, -0.15) is 4.31 Å². The summed E-state index contributed by atoms with van der Waals surface area (Å²) in [6, 6.07) is 9.84. The number of nitro benzene ring substituents is 1. The minimum Gasteiger partial charge on any atom is -0.272 e. The summed E-state index contributed by atoms with van der Waals surface area (Å²) in [6.07, 6.45) is 0. The molecule has 2 aromatic carbocycles. The lowest BCUT2D eigenvalue weighted by atomic mass is 10.2. The normalized spacial score (nSPS) is 11.2. The van der Waals surface area contributed by atoms with Crippen LogP contribution in [-0.2, 0) is 14.8 Å². The van der Waals surface area contributed by atoms with E-state index in [-0.39, 0.29) is 20.6 Å². The van der Waals surface area contributed by atoms with E-state index in [2.05, 4.69) is 26.8 Å². The van der Waals surface area contributed by atoms with Crippen molar-refractivity contribution in [3.05, 3.63) is 68.2 Å². The number of hydrazine groups is 1. The number of hydrogen-bond acceptors (Lipinski definition) is 6. The first-order valence-electron chi connectivity index (χ1n) is 8.08. The van der Waals surface area contributed by atoms with E-state index in [4.69, 9.17) is 0 Å². The van der Waals surface area contributed by atoms with Crippen molar-refractivity contribution < 1.29 is 22.9 Å². The second-order valence-electron chi connectivity index (χ2n) is 6.00. The molecule has 0 atom stereocenters. The van der Waals surface area contributed by atoms with Gasteiger partial charge in [0.15, 0.2) is 0 Å². The molecule has 29 heavy (non-hydrogen) atoms. The van der Waals surface area contributed by atoms with Crippen LogP contribution in [0.2, 0.25) is 0 Å². The maximum atomic E-state index is 12.5. The molecule has 0 bridgehead atoms. The third kappa shape index (κ3) is 5.59. The van der Waals surface area contributed by atoms with Gasteiger partial charge in [0.1, 0.15) is 0 Å². The van der Waals surface area contributed by atoms with E-state index in [1.807, 2.05) is 6.92 Å². The molecule has 0 aromatic heterocycles.